The number of carbonyl (C=O) groups is 1. The van der Waals surface area contributed by atoms with Crippen molar-refractivity contribution in [3.63, 3.8) is 0 Å². The highest BCUT2D eigenvalue weighted by Gasteiger charge is 2.29. The zero-order valence-electron chi connectivity index (χ0n) is 15.4. The zero-order chi connectivity index (χ0) is 19.7. The number of halogens is 2. The van der Waals surface area contributed by atoms with E-state index in [1.54, 1.807) is 34.2 Å². The second-order valence-electron chi connectivity index (χ2n) is 7.03. The van der Waals surface area contributed by atoms with E-state index in [1.807, 2.05) is 13.0 Å². The van der Waals surface area contributed by atoms with E-state index in [0.717, 1.165) is 10.8 Å². The Kier molecular flexibility index (Phi) is 5.28. The third-order valence-electron chi connectivity index (χ3n) is 4.90. The van der Waals surface area contributed by atoms with Crippen LogP contribution >= 0.6 is 11.6 Å². The lowest BCUT2D eigenvalue weighted by Gasteiger charge is -2.34. The number of morpholine rings is 1. The van der Waals surface area contributed by atoms with E-state index >= 15 is 0 Å². The van der Waals surface area contributed by atoms with Gasteiger partial charge in [-0.1, -0.05) is 18.5 Å². The fourth-order valence-corrected chi connectivity index (χ4v) is 3.60. The summed E-state index contributed by atoms with van der Waals surface area (Å²) in [7, 11) is 0. The minimum absolute atomic E-state index is 0.0340. The van der Waals surface area contributed by atoms with E-state index in [9.17, 15) is 9.18 Å². The van der Waals surface area contributed by atoms with Gasteiger partial charge >= 0.3 is 0 Å². The van der Waals surface area contributed by atoms with Gasteiger partial charge in [0.15, 0.2) is 0 Å². The Morgan fingerprint density at radius 1 is 1.36 bits per heavy atom. The molecule has 0 N–H and O–H groups in total. The fourth-order valence-electron chi connectivity index (χ4n) is 3.44. The quantitative estimate of drug-likeness (QED) is 0.670. The van der Waals surface area contributed by atoms with Crippen molar-refractivity contribution < 1.29 is 13.9 Å². The van der Waals surface area contributed by atoms with Crippen LogP contribution in [0.15, 0.2) is 42.9 Å². The Balaban J connectivity index is 1.47. The number of fused-ring (bicyclic) bond motifs is 1. The Labute approximate surface area is 166 Å². The first-order chi connectivity index (χ1) is 13.5. The number of aromatic nitrogens is 3. The molecule has 1 fully saturated rings. The van der Waals surface area contributed by atoms with Crippen LogP contribution in [0.3, 0.4) is 0 Å². The van der Waals surface area contributed by atoms with E-state index in [1.165, 1.54) is 12.1 Å². The highest BCUT2D eigenvalue weighted by Crippen LogP contribution is 2.25. The van der Waals surface area contributed by atoms with Crippen LogP contribution in [0.5, 0.6) is 0 Å². The van der Waals surface area contributed by atoms with E-state index < -0.39 is 0 Å². The fraction of sp³-hybridized carbons (Fsp3) is 0.350. The molecule has 0 spiro atoms. The molecule has 0 saturated carbocycles. The molecule has 0 aliphatic carbocycles. The Hall–Kier alpha value is -2.51. The predicted molar refractivity (Wildman–Crippen MR) is 103 cm³/mol. The van der Waals surface area contributed by atoms with Crippen molar-refractivity contribution in [3.8, 4) is 0 Å². The lowest BCUT2D eigenvalue weighted by molar-refractivity contribution is -0.143. The number of pyridine rings is 1. The lowest BCUT2D eigenvalue weighted by atomic mass is 10.1. The second-order valence-corrected chi connectivity index (χ2v) is 7.46. The van der Waals surface area contributed by atoms with Gasteiger partial charge in [0.05, 0.1) is 42.5 Å². The highest BCUT2D eigenvalue weighted by molar-refractivity contribution is 6.30. The van der Waals surface area contributed by atoms with Crippen molar-refractivity contribution >= 4 is 28.3 Å². The molecule has 1 saturated heterocycles. The smallest absolute Gasteiger partial charge is 0.227 e. The van der Waals surface area contributed by atoms with Gasteiger partial charge in [-0.15, -0.1) is 0 Å². The van der Waals surface area contributed by atoms with Gasteiger partial charge < -0.3 is 9.64 Å². The first-order valence-electron chi connectivity index (χ1n) is 9.13. The molecule has 6 nitrogen and oxygen atoms in total. The largest absolute Gasteiger partial charge is 0.368 e. The van der Waals surface area contributed by atoms with Gasteiger partial charge in [0.1, 0.15) is 11.9 Å². The first-order valence-corrected chi connectivity index (χ1v) is 9.51. The summed E-state index contributed by atoms with van der Waals surface area (Å²) in [6.07, 6.45) is 4.62. The normalized spacial score (nSPS) is 18.4. The molecule has 28 heavy (non-hydrogen) atoms. The number of hydrogen-bond acceptors (Lipinski definition) is 4. The average Bonchev–Trinajstić information content (AvgIpc) is 3.11. The highest BCUT2D eigenvalue weighted by atomic mass is 35.5. The molecule has 3 aromatic rings. The Morgan fingerprint density at radius 3 is 3.00 bits per heavy atom. The summed E-state index contributed by atoms with van der Waals surface area (Å²) >= 11 is 5.88. The average molecular weight is 403 g/mol. The number of benzene rings is 1. The van der Waals surface area contributed by atoms with E-state index in [4.69, 9.17) is 16.3 Å². The minimum atomic E-state index is -0.336. The predicted octanol–water partition coefficient (Wildman–Crippen LogP) is 3.46. The molecule has 2 atom stereocenters. The van der Waals surface area contributed by atoms with Gasteiger partial charge in [-0.2, -0.15) is 5.10 Å². The molecule has 8 heteroatoms. The monoisotopic (exact) mass is 402 g/mol. The van der Waals surface area contributed by atoms with Gasteiger partial charge in [-0.05, 0) is 29.7 Å². The first kappa shape index (κ1) is 18.8. The van der Waals surface area contributed by atoms with Crippen molar-refractivity contribution in [2.75, 3.05) is 19.7 Å². The number of carbonyl (C=O) groups excluding carboxylic acids is 1. The number of rotatable bonds is 4. The Bertz CT molecular complexity index is 1010. The van der Waals surface area contributed by atoms with Crippen LogP contribution in [0.25, 0.3) is 10.8 Å². The SMILES string of the molecule is C[C@@H](Cn1cc(Cl)cn1)C(=O)N1CCO[C@H](c2cc3cc(F)ccc3cn2)C1. The summed E-state index contributed by atoms with van der Waals surface area (Å²) in [5.41, 5.74) is 0.696. The second kappa shape index (κ2) is 7.85. The lowest BCUT2D eigenvalue weighted by Crippen LogP contribution is -2.45. The summed E-state index contributed by atoms with van der Waals surface area (Å²) in [5, 5.41) is 6.30. The van der Waals surface area contributed by atoms with Crippen LogP contribution < -0.4 is 0 Å². The van der Waals surface area contributed by atoms with Gasteiger partial charge in [0.2, 0.25) is 5.91 Å². The van der Waals surface area contributed by atoms with Gasteiger partial charge in [0, 0.05) is 24.3 Å². The third-order valence-corrected chi connectivity index (χ3v) is 5.09. The molecule has 1 amide bonds. The van der Waals surface area contributed by atoms with Crippen LogP contribution in [-0.2, 0) is 16.1 Å². The van der Waals surface area contributed by atoms with Crippen LogP contribution in [0.4, 0.5) is 4.39 Å². The van der Waals surface area contributed by atoms with Crippen molar-refractivity contribution in [1.82, 2.24) is 19.7 Å². The summed E-state index contributed by atoms with van der Waals surface area (Å²) in [4.78, 5) is 19.1. The van der Waals surface area contributed by atoms with Gasteiger partial charge in [0.25, 0.3) is 0 Å². The molecule has 4 rings (SSSR count). The molecular formula is C20H20ClFN4O2. The van der Waals surface area contributed by atoms with Crippen LogP contribution in [0, 0.1) is 11.7 Å². The van der Waals surface area contributed by atoms with Gasteiger partial charge in [-0.25, -0.2) is 4.39 Å². The molecule has 2 aromatic heterocycles. The zero-order valence-corrected chi connectivity index (χ0v) is 16.1. The van der Waals surface area contributed by atoms with Crippen LogP contribution in [0.1, 0.15) is 18.7 Å². The maximum atomic E-state index is 13.5. The number of ether oxygens (including phenoxy) is 1. The molecule has 146 valence electrons. The van der Waals surface area contributed by atoms with E-state index in [-0.39, 0.29) is 23.7 Å². The van der Waals surface area contributed by atoms with Crippen molar-refractivity contribution in [2.24, 2.45) is 5.92 Å². The standard InChI is InChI=1S/C20H20ClFN4O2/c1-13(10-26-11-16(21)9-24-26)20(27)25-4-5-28-19(12-25)18-7-15-6-17(22)3-2-14(15)8-23-18/h2-3,6-9,11,13,19H,4-5,10,12H2,1H3/t13-,19-/m0/s1. The molecule has 1 aromatic carbocycles. The molecular weight excluding hydrogens is 383 g/mol. The third kappa shape index (κ3) is 4.00. The maximum Gasteiger partial charge on any atom is 0.227 e. The summed E-state index contributed by atoms with van der Waals surface area (Å²) in [5.74, 6) is -0.501. The minimum Gasteiger partial charge on any atom is -0.368 e. The summed E-state index contributed by atoms with van der Waals surface area (Å²) in [6, 6.07) is 6.41. The van der Waals surface area contributed by atoms with E-state index in [2.05, 4.69) is 10.1 Å². The summed E-state index contributed by atoms with van der Waals surface area (Å²) in [6.45, 7) is 3.71. The maximum absolute atomic E-state index is 13.5. The Morgan fingerprint density at radius 2 is 2.21 bits per heavy atom. The van der Waals surface area contributed by atoms with Crippen molar-refractivity contribution in [2.45, 2.75) is 19.6 Å². The summed E-state index contributed by atoms with van der Waals surface area (Å²) < 4.78 is 21.0. The van der Waals surface area contributed by atoms with Crippen molar-refractivity contribution in [1.29, 1.82) is 0 Å². The molecule has 1 aliphatic rings. The molecule has 0 bridgehead atoms. The number of nitrogens with zero attached hydrogens (tertiary/aromatic N) is 4. The van der Waals surface area contributed by atoms with Crippen LogP contribution in [0.2, 0.25) is 5.02 Å². The van der Waals surface area contributed by atoms with Crippen LogP contribution in [-0.4, -0.2) is 45.3 Å². The molecule has 1 aliphatic heterocycles. The topological polar surface area (TPSA) is 60.2 Å². The number of hydrogen-bond donors (Lipinski definition) is 0. The molecule has 3 heterocycles. The molecule has 0 unspecified atom stereocenters. The number of amides is 1. The van der Waals surface area contributed by atoms with Crippen molar-refractivity contribution in [3.05, 3.63) is 59.4 Å². The molecule has 0 radical (unpaired) electrons. The van der Waals surface area contributed by atoms with Gasteiger partial charge in [-0.3, -0.25) is 14.5 Å². The van der Waals surface area contributed by atoms with E-state index in [0.29, 0.717) is 37.0 Å².